The highest BCUT2D eigenvalue weighted by molar-refractivity contribution is 6.08. The summed E-state index contributed by atoms with van der Waals surface area (Å²) >= 11 is 0. The number of hydrogen-bond donors (Lipinski definition) is 3. The molecule has 0 aliphatic carbocycles. The van der Waals surface area contributed by atoms with E-state index in [2.05, 4.69) is 16.0 Å². The predicted octanol–water partition coefficient (Wildman–Crippen LogP) is 3.14. The van der Waals surface area contributed by atoms with Gasteiger partial charge in [0.05, 0.1) is 0 Å². The van der Waals surface area contributed by atoms with Crippen molar-refractivity contribution in [3.8, 4) is 0 Å². The number of benzene rings is 2. The maximum absolute atomic E-state index is 13.0. The molecule has 0 aliphatic rings. The lowest BCUT2D eigenvalue weighted by Gasteiger charge is -2.09. The van der Waals surface area contributed by atoms with Gasteiger partial charge in [0.15, 0.2) is 0 Å². The Labute approximate surface area is 133 Å². The summed E-state index contributed by atoms with van der Waals surface area (Å²) in [7, 11) is 1.80. The molecular formula is C17H18FN3O2. The number of anilines is 3. The van der Waals surface area contributed by atoms with E-state index < -0.39 is 11.8 Å². The summed E-state index contributed by atoms with van der Waals surface area (Å²) in [5.41, 5.74) is 2.62. The van der Waals surface area contributed by atoms with Gasteiger partial charge in [-0.1, -0.05) is 0 Å². The molecule has 0 spiro atoms. The van der Waals surface area contributed by atoms with E-state index in [1.807, 2.05) is 12.1 Å². The van der Waals surface area contributed by atoms with E-state index in [4.69, 9.17) is 0 Å². The first kappa shape index (κ1) is 16.5. The molecular weight excluding hydrogens is 297 g/mol. The second kappa shape index (κ2) is 7.40. The van der Waals surface area contributed by atoms with Crippen LogP contribution in [0.25, 0.3) is 0 Å². The van der Waals surface area contributed by atoms with Crippen LogP contribution in [0.3, 0.4) is 0 Å². The molecule has 6 heteroatoms. The maximum atomic E-state index is 13.0. The van der Waals surface area contributed by atoms with Crippen molar-refractivity contribution in [1.29, 1.82) is 0 Å². The number of carbonyl (C=O) groups excluding carboxylic acids is 2. The Morgan fingerprint density at radius 3 is 2.17 bits per heavy atom. The molecule has 0 saturated carbocycles. The van der Waals surface area contributed by atoms with Crippen LogP contribution in [0.4, 0.5) is 21.5 Å². The van der Waals surface area contributed by atoms with Crippen LogP contribution in [0.15, 0.2) is 42.5 Å². The van der Waals surface area contributed by atoms with Gasteiger partial charge in [0.25, 0.3) is 0 Å². The molecule has 0 heterocycles. The Kier molecular flexibility index (Phi) is 5.30. The lowest BCUT2D eigenvalue weighted by atomic mass is 10.2. The predicted molar refractivity (Wildman–Crippen MR) is 89.0 cm³/mol. The zero-order chi connectivity index (χ0) is 16.8. The van der Waals surface area contributed by atoms with Gasteiger partial charge in [0, 0.05) is 24.1 Å². The topological polar surface area (TPSA) is 70.2 Å². The normalized spacial score (nSPS) is 10.0. The fourth-order valence-corrected chi connectivity index (χ4v) is 2.03. The van der Waals surface area contributed by atoms with Crippen molar-refractivity contribution in [3.63, 3.8) is 0 Å². The molecule has 0 aromatic heterocycles. The van der Waals surface area contributed by atoms with Gasteiger partial charge in [-0.05, 0) is 55.0 Å². The van der Waals surface area contributed by atoms with Crippen molar-refractivity contribution in [2.24, 2.45) is 0 Å². The summed E-state index contributed by atoms with van der Waals surface area (Å²) in [6.45, 7) is 1.68. The van der Waals surface area contributed by atoms with E-state index in [0.29, 0.717) is 16.9 Å². The van der Waals surface area contributed by atoms with E-state index in [1.165, 1.54) is 18.2 Å². The third-order valence-corrected chi connectivity index (χ3v) is 3.24. The molecule has 23 heavy (non-hydrogen) atoms. The Hall–Kier alpha value is -2.89. The lowest BCUT2D eigenvalue weighted by Crippen LogP contribution is -2.21. The SMILES string of the molecule is CNc1ccc(NC(=O)CC(=O)Nc2ccc(F)cc2C)cc1. The van der Waals surface area contributed by atoms with E-state index in [-0.39, 0.29) is 12.2 Å². The third-order valence-electron chi connectivity index (χ3n) is 3.24. The number of halogens is 1. The first-order chi connectivity index (χ1) is 11.0. The lowest BCUT2D eigenvalue weighted by molar-refractivity contribution is -0.123. The average molecular weight is 315 g/mol. The summed E-state index contributed by atoms with van der Waals surface area (Å²) in [4.78, 5) is 23.7. The fourth-order valence-electron chi connectivity index (χ4n) is 2.03. The molecule has 0 saturated heterocycles. The number of aryl methyl sites for hydroxylation is 1. The molecule has 2 aromatic rings. The number of carbonyl (C=O) groups is 2. The quantitative estimate of drug-likeness (QED) is 0.742. The number of amides is 2. The van der Waals surface area contributed by atoms with Gasteiger partial charge in [-0.2, -0.15) is 0 Å². The summed E-state index contributed by atoms with van der Waals surface area (Å²) in [5, 5.41) is 8.21. The van der Waals surface area contributed by atoms with Crippen molar-refractivity contribution in [2.75, 3.05) is 23.0 Å². The summed E-state index contributed by atoms with van der Waals surface area (Å²) in [5.74, 6) is -1.24. The zero-order valence-electron chi connectivity index (χ0n) is 12.9. The molecule has 0 unspecified atom stereocenters. The van der Waals surface area contributed by atoms with Gasteiger partial charge < -0.3 is 16.0 Å². The average Bonchev–Trinajstić information content (AvgIpc) is 2.50. The minimum Gasteiger partial charge on any atom is -0.388 e. The molecule has 0 radical (unpaired) electrons. The van der Waals surface area contributed by atoms with E-state index in [0.717, 1.165) is 5.69 Å². The van der Waals surface area contributed by atoms with Crippen molar-refractivity contribution in [3.05, 3.63) is 53.8 Å². The molecule has 2 amide bonds. The Balaban J connectivity index is 1.90. The monoisotopic (exact) mass is 315 g/mol. The number of nitrogens with one attached hydrogen (secondary N) is 3. The van der Waals surface area contributed by atoms with Crippen molar-refractivity contribution in [1.82, 2.24) is 0 Å². The van der Waals surface area contributed by atoms with Gasteiger partial charge in [0.1, 0.15) is 12.2 Å². The zero-order valence-corrected chi connectivity index (χ0v) is 12.9. The molecule has 0 atom stereocenters. The summed E-state index contributed by atoms with van der Waals surface area (Å²) in [6, 6.07) is 11.2. The molecule has 3 N–H and O–H groups in total. The first-order valence-electron chi connectivity index (χ1n) is 7.11. The number of hydrogen-bond acceptors (Lipinski definition) is 3. The van der Waals surface area contributed by atoms with E-state index in [1.54, 1.807) is 26.1 Å². The fraction of sp³-hybridized carbons (Fsp3) is 0.176. The largest absolute Gasteiger partial charge is 0.388 e. The standard InChI is InChI=1S/C17H18FN3O2/c1-11-9-12(18)3-8-15(11)21-17(23)10-16(22)20-14-6-4-13(19-2)5-7-14/h3-9,19H,10H2,1-2H3,(H,20,22)(H,21,23). The molecule has 2 rings (SSSR count). The highest BCUT2D eigenvalue weighted by Crippen LogP contribution is 2.16. The van der Waals surface area contributed by atoms with Crippen LogP contribution < -0.4 is 16.0 Å². The Bertz CT molecular complexity index is 714. The van der Waals surface area contributed by atoms with Crippen LogP contribution in [0.2, 0.25) is 0 Å². The van der Waals surface area contributed by atoms with Crippen molar-refractivity contribution >= 4 is 28.9 Å². The van der Waals surface area contributed by atoms with Crippen LogP contribution in [-0.4, -0.2) is 18.9 Å². The molecule has 0 bridgehead atoms. The van der Waals surface area contributed by atoms with Gasteiger partial charge >= 0.3 is 0 Å². The van der Waals surface area contributed by atoms with Gasteiger partial charge in [-0.3, -0.25) is 9.59 Å². The second-order valence-corrected chi connectivity index (χ2v) is 5.06. The highest BCUT2D eigenvalue weighted by atomic mass is 19.1. The molecule has 120 valence electrons. The van der Waals surface area contributed by atoms with Crippen LogP contribution in [-0.2, 0) is 9.59 Å². The molecule has 0 aliphatic heterocycles. The Morgan fingerprint density at radius 1 is 0.957 bits per heavy atom. The van der Waals surface area contributed by atoms with Gasteiger partial charge in [-0.15, -0.1) is 0 Å². The maximum Gasteiger partial charge on any atom is 0.233 e. The van der Waals surface area contributed by atoms with Gasteiger partial charge in [0.2, 0.25) is 11.8 Å². The molecule has 5 nitrogen and oxygen atoms in total. The molecule has 2 aromatic carbocycles. The first-order valence-corrected chi connectivity index (χ1v) is 7.11. The van der Waals surface area contributed by atoms with E-state index >= 15 is 0 Å². The minimum atomic E-state index is -0.455. The summed E-state index contributed by atoms with van der Waals surface area (Å²) in [6.07, 6.45) is -0.315. The van der Waals surface area contributed by atoms with Crippen LogP contribution in [0, 0.1) is 12.7 Å². The van der Waals surface area contributed by atoms with Crippen LogP contribution in [0.5, 0.6) is 0 Å². The van der Waals surface area contributed by atoms with Crippen LogP contribution >= 0.6 is 0 Å². The summed E-state index contributed by atoms with van der Waals surface area (Å²) < 4.78 is 13.0. The Morgan fingerprint density at radius 2 is 1.57 bits per heavy atom. The van der Waals surface area contributed by atoms with Crippen LogP contribution in [0.1, 0.15) is 12.0 Å². The van der Waals surface area contributed by atoms with Crippen molar-refractivity contribution < 1.29 is 14.0 Å². The minimum absolute atomic E-state index is 0.315. The smallest absolute Gasteiger partial charge is 0.233 e. The highest BCUT2D eigenvalue weighted by Gasteiger charge is 2.11. The number of rotatable bonds is 5. The second-order valence-electron chi connectivity index (χ2n) is 5.06. The van der Waals surface area contributed by atoms with E-state index in [9.17, 15) is 14.0 Å². The molecule has 0 fully saturated rings. The van der Waals surface area contributed by atoms with Gasteiger partial charge in [-0.25, -0.2) is 4.39 Å². The third kappa shape index (κ3) is 4.81. The van der Waals surface area contributed by atoms with Crippen molar-refractivity contribution in [2.45, 2.75) is 13.3 Å².